The Bertz CT molecular complexity index is 220. The summed E-state index contributed by atoms with van der Waals surface area (Å²) in [6, 6.07) is -0.458. The molecule has 0 aromatic carbocycles. The smallest absolute Gasteiger partial charge is 0.339 e. The number of hydrogen-bond acceptors (Lipinski definition) is 3. The fourth-order valence-electron chi connectivity index (χ4n) is 1.32. The number of rotatable bonds is 8. The maximum atomic E-state index is 11.1. The van der Waals surface area contributed by atoms with Gasteiger partial charge in [0.1, 0.15) is 0 Å². The van der Waals surface area contributed by atoms with E-state index in [1.165, 1.54) is 25.7 Å². The van der Waals surface area contributed by atoms with E-state index in [-0.39, 0.29) is 6.42 Å². The summed E-state index contributed by atoms with van der Waals surface area (Å²) in [5.41, 5.74) is 2.04. The summed E-state index contributed by atoms with van der Waals surface area (Å²) in [4.78, 5) is 26.3. The molecule has 0 rings (SSSR count). The molecule has 17 heavy (non-hydrogen) atoms. The van der Waals surface area contributed by atoms with E-state index in [1.54, 1.807) is 6.92 Å². The number of hydrogen-bond donors (Lipinski definition) is 2. The van der Waals surface area contributed by atoms with Crippen molar-refractivity contribution < 1.29 is 14.4 Å². The number of carbonyl (C=O) groups excluding carboxylic acids is 2. The molecule has 0 aromatic heterocycles. The van der Waals surface area contributed by atoms with Gasteiger partial charge >= 0.3 is 12.0 Å². The summed E-state index contributed by atoms with van der Waals surface area (Å²) in [6.45, 7) is 4.46. The molecule has 100 valence electrons. The minimum atomic E-state index is -0.458. The summed E-state index contributed by atoms with van der Waals surface area (Å²) in [5.74, 6) is -0.445. The van der Waals surface area contributed by atoms with Crippen molar-refractivity contribution in [1.29, 1.82) is 0 Å². The normalized spacial score (nSPS) is 9.76. The van der Waals surface area contributed by atoms with Crippen molar-refractivity contribution in [2.75, 3.05) is 6.54 Å². The number of unbranched alkanes of at least 4 members (excludes halogenated alkanes) is 5. The number of carbonyl (C=O) groups is 2. The topological polar surface area (TPSA) is 67.4 Å². The number of amides is 2. The molecule has 0 heterocycles. The lowest BCUT2D eigenvalue weighted by atomic mass is 10.1. The van der Waals surface area contributed by atoms with Gasteiger partial charge in [0.15, 0.2) is 0 Å². The zero-order chi connectivity index (χ0) is 12.9. The van der Waals surface area contributed by atoms with E-state index in [9.17, 15) is 9.59 Å². The van der Waals surface area contributed by atoms with Crippen molar-refractivity contribution in [3.05, 3.63) is 0 Å². The predicted octanol–water partition coefficient (Wildman–Crippen LogP) is 2.51. The molecule has 0 atom stereocenters. The minimum absolute atomic E-state index is 0.248. The Hall–Kier alpha value is -1.26. The van der Waals surface area contributed by atoms with Crippen molar-refractivity contribution in [3.8, 4) is 0 Å². The second-order valence-corrected chi connectivity index (χ2v) is 3.95. The average Bonchev–Trinajstić information content (AvgIpc) is 2.34. The molecule has 0 aromatic rings. The van der Waals surface area contributed by atoms with Gasteiger partial charge in [-0.1, -0.05) is 46.0 Å². The Kier molecular flexibility index (Phi) is 10.4. The molecule has 2 amide bonds. The van der Waals surface area contributed by atoms with E-state index < -0.39 is 12.0 Å². The molecule has 0 radical (unpaired) electrons. The molecule has 0 aliphatic carbocycles. The van der Waals surface area contributed by atoms with Crippen molar-refractivity contribution >= 4 is 12.0 Å². The van der Waals surface area contributed by atoms with Gasteiger partial charge in [-0.15, -0.1) is 0 Å². The van der Waals surface area contributed by atoms with E-state index in [4.69, 9.17) is 0 Å². The molecular formula is C12H24N2O3. The molecular weight excluding hydrogens is 220 g/mol. The Balaban J connectivity index is 3.25. The van der Waals surface area contributed by atoms with Gasteiger partial charge in [-0.3, -0.25) is 0 Å². The fourth-order valence-corrected chi connectivity index (χ4v) is 1.32. The van der Waals surface area contributed by atoms with Crippen LogP contribution in [0.1, 0.15) is 58.8 Å². The third-order valence-electron chi connectivity index (χ3n) is 2.36. The monoisotopic (exact) mass is 244 g/mol. The number of urea groups is 1. The predicted molar refractivity (Wildman–Crippen MR) is 66.3 cm³/mol. The largest absolute Gasteiger partial charge is 0.348 e. The average molecular weight is 244 g/mol. The van der Waals surface area contributed by atoms with E-state index >= 15 is 0 Å². The molecule has 5 nitrogen and oxygen atoms in total. The van der Waals surface area contributed by atoms with Crippen LogP contribution >= 0.6 is 0 Å². The summed E-state index contributed by atoms with van der Waals surface area (Å²) in [7, 11) is 0. The number of hydroxylamine groups is 1. The highest BCUT2D eigenvalue weighted by Gasteiger charge is 2.02. The van der Waals surface area contributed by atoms with Gasteiger partial charge in [0.25, 0.3) is 0 Å². The number of nitrogens with one attached hydrogen (secondary N) is 2. The molecule has 0 aliphatic rings. The van der Waals surface area contributed by atoms with Crippen molar-refractivity contribution in [2.24, 2.45) is 0 Å². The first-order valence-corrected chi connectivity index (χ1v) is 6.44. The van der Waals surface area contributed by atoms with Gasteiger partial charge in [0.2, 0.25) is 0 Å². The first kappa shape index (κ1) is 15.7. The van der Waals surface area contributed by atoms with Crippen LogP contribution in [-0.2, 0) is 9.63 Å². The van der Waals surface area contributed by atoms with Crippen molar-refractivity contribution in [3.63, 3.8) is 0 Å². The van der Waals surface area contributed by atoms with E-state index in [1.807, 2.05) is 5.48 Å². The van der Waals surface area contributed by atoms with E-state index in [2.05, 4.69) is 17.1 Å². The second-order valence-electron chi connectivity index (χ2n) is 3.95. The van der Waals surface area contributed by atoms with Crippen LogP contribution in [0.25, 0.3) is 0 Å². The third-order valence-corrected chi connectivity index (χ3v) is 2.36. The fraction of sp³-hybridized carbons (Fsp3) is 0.833. The van der Waals surface area contributed by atoms with Crippen LogP contribution in [0.5, 0.6) is 0 Å². The van der Waals surface area contributed by atoms with Gasteiger partial charge in [-0.25, -0.2) is 9.59 Å². The quantitative estimate of drug-likeness (QED) is 0.509. The maximum Gasteiger partial charge on any atom is 0.348 e. The van der Waals surface area contributed by atoms with E-state index in [0.717, 1.165) is 12.8 Å². The first-order valence-electron chi connectivity index (χ1n) is 6.44. The summed E-state index contributed by atoms with van der Waals surface area (Å²) in [5, 5.41) is 2.63. The third kappa shape index (κ3) is 11.0. The standard InChI is InChI=1S/C12H24N2O3/c1-3-5-6-7-8-9-10-13-12(16)14-17-11(15)4-2/h3-10H2,1-2H3,(H2,13,14,16). The summed E-state index contributed by atoms with van der Waals surface area (Å²) in [6.07, 6.45) is 7.31. The molecule has 0 aliphatic heterocycles. The van der Waals surface area contributed by atoms with E-state index in [0.29, 0.717) is 6.54 Å². The maximum absolute atomic E-state index is 11.1. The Morgan fingerprint density at radius 3 is 2.29 bits per heavy atom. The van der Waals surface area contributed by atoms with Crippen molar-refractivity contribution in [2.45, 2.75) is 58.8 Å². The van der Waals surface area contributed by atoms with Gasteiger partial charge in [-0.2, -0.15) is 5.48 Å². The lowest BCUT2D eigenvalue weighted by Gasteiger charge is -2.06. The van der Waals surface area contributed by atoms with Crippen LogP contribution in [0, 0.1) is 0 Å². The van der Waals surface area contributed by atoms with Gasteiger partial charge in [-0.05, 0) is 6.42 Å². The lowest BCUT2D eigenvalue weighted by molar-refractivity contribution is -0.148. The van der Waals surface area contributed by atoms with Crippen LogP contribution in [0.4, 0.5) is 4.79 Å². The SMILES string of the molecule is CCCCCCCCNC(=O)NOC(=O)CC. The second kappa shape index (κ2) is 11.2. The van der Waals surface area contributed by atoms with Gasteiger partial charge in [0, 0.05) is 13.0 Å². The Morgan fingerprint density at radius 2 is 1.65 bits per heavy atom. The zero-order valence-corrected chi connectivity index (χ0v) is 10.9. The van der Waals surface area contributed by atoms with Gasteiger partial charge in [0.05, 0.1) is 0 Å². The van der Waals surface area contributed by atoms with Gasteiger partial charge < -0.3 is 10.2 Å². The first-order chi connectivity index (χ1) is 8.20. The molecule has 0 saturated heterocycles. The Morgan fingerprint density at radius 1 is 1.00 bits per heavy atom. The summed E-state index contributed by atoms with van der Waals surface area (Å²) < 4.78 is 0. The van der Waals surface area contributed by atoms with Crippen molar-refractivity contribution in [1.82, 2.24) is 10.8 Å². The van der Waals surface area contributed by atoms with Crippen LogP contribution in [0.2, 0.25) is 0 Å². The van der Waals surface area contributed by atoms with Crippen LogP contribution in [0.15, 0.2) is 0 Å². The highest BCUT2D eigenvalue weighted by Crippen LogP contribution is 2.03. The molecule has 0 unspecified atom stereocenters. The van der Waals surface area contributed by atoms with Crippen LogP contribution < -0.4 is 10.8 Å². The minimum Gasteiger partial charge on any atom is -0.339 e. The highest BCUT2D eigenvalue weighted by molar-refractivity contribution is 5.76. The molecule has 5 heteroatoms. The molecule has 0 bridgehead atoms. The zero-order valence-electron chi connectivity index (χ0n) is 10.9. The van der Waals surface area contributed by atoms with Crippen LogP contribution in [0.3, 0.4) is 0 Å². The molecule has 0 saturated carbocycles. The lowest BCUT2D eigenvalue weighted by Crippen LogP contribution is -2.37. The molecule has 0 spiro atoms. The van der Waals surface area contributed by atoms with Crippen LogP contribution in [-0.4, -0.2) is 18.5 Å². The highest BCUT2D eigenvalue weighted by atomic mass is 16.7. The Labute approximate surface area is 103 Å². The summed E-state index contributed by atoms with van der Waals surface area (Å²) >= 11 is 0. The molecule has 2 N–H and O–H groups in total. The molecule has 0 fully saturated rings.